The predicted octanol–water partition coefficient (Wildman–Crippen LogP) is -1.07. The van der Waals surface area contributed by atoms with Crippen LogP contribution in [0, 0.1) is 0 Å². The number of nitrogens with two attached hydrogens (primary N) is 1. The second kappa shape index (κ2) is 9.28. The van der Waals surface area contributed by atoms with E-state index in [0.717, 1.165) is 25.8 Å². The zero-order chi connectivity index (χ0) is 20.0. The topological polar surface area (TPSA) is 193 Å². The smallest absolute Gasteiger partial charge is 0.328 e. The largest absolute Gasteiger partial charge is 0.480 e. The Bertz CT molecular complexity index is 672. The Kier molecular flexibility index (Phi) is 7.07. The number of nitrogens with one attached hydrogen (secondary N) is 3. The van der Waals surface area contributed by atoms with Gasteiger partial charge in [0.2, 0.25) is 11.8 Å². The van der Waals surface area contributed by atoms with Gasteiger partial charge in [-0.3, -0.25) is 4.79 Å². The Morgan fingerprint density at radius 2 is 2.11 bits per heavy atom. The lowest BCUT2D eigenvalue weighted by Crippen LogP contribution is -2.52. The number of hydrogen-bond donors (Lipinski definition) is 6. The quantitative estimate of drug-likeness (QED) is 0.324. The van der Waals surface area contributed by atoms with Crippen molar-refractivity contribution in [2.45, 2.75) is 56.8 Å². The molecule has 0 bridgehead atoms. The number of nitrogens with zero attached hydrogens (tertiary/aromatic N) is 2. The number of amides is 3. The first kappa shape index (κ1) is 20.6. The number of aromatic nitrogens is 2. The molecule has 12 heteroatoms. The molecular formula is C15H24N6O6. The van der Waals surface area contributed by atoms with Crippen LogP contribution in [0.4, 0.5) is 4.79 Å². The highest BCUT2D eigenvalue weighted by Crippen LogP contribution is 2.23. The molecule has 150 valence electrons. The maximum Gasteiger partial charge on any atom is 0.328 e. The molecule has 1 aromatic heterocycles. The third-order valence-corrected chi connectivity index (χ3v) is 4.12. The van der Waals surface area contributed by atoms with E-state index in [4.69, 9.17) is 15.4 Å². The molecule has 1 unspecified atom stereocenters. The molecule has 0 aliphatic carbocycles. The van der Waals surface area contributed by atoms with Gasteiger partial charge in [0.1, 0.15) is 6.04 Å². The fourth-order valence-corrected chi connectivity index (χ4v) is 2.73. The Morgan fingerprint density at radius 1 is 1.37 bits per heavy atom. The van der Waals surface area contributed by atoms with Gasteiger partial charge in [-0.25, -0.2) is 9.59 Å². The summed E-state index contributed by atoms with van der Waals surface area (Å²) in [5.41, 5.74) is 5.21. The Hall–Kier alpha value is -2.73. The lowest BCUT2D eigenvalue weighted by molar-refractivity contribution is -0.141. The minimum absolute atomic E-state index is 0.0183. The summed E-state index contributed by atoms with van der Waals surface area (Å²) in [6, 6.07) is -3.56. The first-order chi connectivity index (χ1) is 12.8. The van der Waals surface area contributed by atoms with E-state index in [-0.39, 0.29) is 18.4 Å². The zero-order valence-corrected chi connectivity index (χ0v) is 14.8. The van der Waals surface area contributed by atoms with Crippen molar-refractivity contribution in [1.29, 1.82) is 0 Å². The van der Waals surface area contributed by atoms with E-state index in [1.165, 1.54) is 6.92 Å². The lowest BCUT2D eigenvalue weighted by atomic mass is 10.0. The second-order valence-electron chi connectivity index (χ2n) is 6.39. The fourth-order valence-electron chi connectivity index (χ4n) is 2.73. The number of rotatable bonds is 8. The van der Waals surface area contributed by atoms with Crippen LogP contribution in [-0.4, -0.2) is 57.0 Å². The summed E-state index contributed by atoms with van der Waals surface area (Å²) in [5.74, 6) is -1.74. The molecule has 0 radical (unpaired) electrons. The molecule has 1 aliphatic rings. The van der Waals surface area contributed by atoms with E-state index in [1.54, 1.807) is 0 Å². The molecule has 1 saturated heterocycles. The van der Waals surface area contributed by atoms with Gasteiger partial charge in [-0.1, -0.05) is 11.6 Å². The van der Waals surface area contributed by atoms with Crippen molar-refractivity contribution in [2.75, 3.05) is 6.54 Å². The van der Waals surface area contributed by atoms with Crippen LogP contribution in [0.3, 0.4) is 0 Å². The number of carbonyl (C=O) groups is 3. The van der Waals surface area contributed by atoms with E-state index < -0.39 is 36.1 Å². The molecule has 1 aromatic rings. The van der Waals surface area contributed by atoms with Gasteiger partial charge >= 0.3 is 12.0 Å². The van der Waals surface area contributed by atoms with Gasteiger partial charge in [-0.05, 0) is 26.3 Å². The van der Waals surface area contributed by atoms with Crippen LogP contribution in [0.15, 0.2) is 4.52 Å². The number of aliphatic carboxylic acids is 1. The molecule has 27 heavy (non-hydrogen) atoms. The minimum Gasteiger partial charge on any atom is -0.480 e. The highest BCUT2D eigenvalue weighted by atomic mass is 16.5. The number of carboxylic acid groups (broad SMARTS) is 1. The monoisotopic (exact) mass is 384 g/mol. The number of piperidine rings is 1. The Balaban J connectivity index is 2.08. The maximum atomic E-state index is 12.1. The summed E-state index contributed by atoms with van der Waals surface area (Å²) in [7, 11) is 0. The zero-order valence-electron chi connectivity index (χ0n) is 14.8. The molecule has 1 aliphatic heterocycles. The van der Waals surface area contributed by atoms with Gasteiger partial charge in [-0.2, -0.15) is 4.98 Å². The third kappa shape index (κ3) is 5.89. The van der Waals surface area contributed by atoms with Crippen molar-refractivity contribution in [3.05, 3.63) is 11.7 Å². The lowest BCUT2D eigenvalue weighted by Gasteiger charge is -2.20. The number of primary amides is 1. The number of carbonyl (C=O) groups excluding carboxylic acids is 2. The average Bonchev–Trinajstić information content (AvgIpc) is 3.09. The van der Waals surface area contributed by atoms with Gasteiger partial charge in [0, 0.05) is 0 Å². The highest BCUT2D eigenvalue weighted by Gasteiger charge is 2.29. The number of carboxylic acids is 1. The van der Waals surface area contributed by atoms with Crippen LogP contribution in [0.1, 0.15) is 56.4 Å². The first-order valence-corrected chi connectivity index (χ1v) is 8.61. The van der Waals surface area contributed by atoms with Crippen LogP contribution < -0.4 is 21.7 Å². The van der Waals surface area contributed by atoms with Gasteiger partial charge in [0.25, 0.3) is 0 Å². The van der Waals surface area contributed by atoms with Gasteiger partial charge in [0.15, 0.2) is 11.9 Å². The van der Waals surface area contributed by atoms with E-state index in [1.807, 2.05) is 0 Å². The molecule has 0 aromatic carbocycles. The Labute approximate surface area is 154 Å². The molecule has 0 spiro atoms. The molecular weight excluding hydrogens is 360 g/mol. The molecule has 2 heterocycles. The molecule has 3 amide bonds. The average molecular weight is 384 g/mol. The number of hydrogen-bond acceptors (Lipinski definition) is 8. The van der Waals surface area contributed by atoms with Crippen LogP contribution in [0.25, 0.3) is 0 Å². The van der Waals surface area contributed by atoms with Crippen LogP contribution in [-0.2, 0) is 9.59 Å². The molecule has 12 nitrogen and oxygen atoms in total. The van der Waals surface area contributed by atoms with Crippen LogP contribution in [0.2, 0.25) is 0 Å². The molecule has 0 saturated carbocycles. The summed E-state index contributed by atoms with van der Waals surface area (Å²) in [4.78, 5) is 38.7. The van der Waals surface area contributed by atoms with Gasteiger partial charge in [-0.15, -0.1) is 0 Å². The summed E-state index contributed by atoms with van der Waals surface area (Å²) in [5, 5.41) is 30.1. The summed E-state index contributed by atoms with van der Waals surface area (Å²) < 4.78 is 5.16. The van der Waals surface area contributed by atoms with Gasteiger partial charge in [0.05, 0.1) is 18.6 Å². The predicted molar refractivity (Wildman–Crippen MR) is 90.2 cm³/mol. The highest BCUT2D eigenvalue weighted by molar-refractivity contribution is 5.83. The normalized spacial score (nSPS) is 20.3. The van der Waals surface area contributed by atoms with Crippen molar-refractivity contribution >= 4 is 17.9 Å². The molecule has 1 fully saturated rings. The van der Waals surface area contributed by atoms with E-state index in [9.17, 15) is 19.5 Å². The number of urea groups is 1. The third-order valence-electron chi connectivity index (χ3n) is 4.12. The van der Waals surface area contributed by atoms with Crippen molar-refractivity contribution in [3.8, 4) is 0 Å². The van der Waals surface area contributed by atoms with Crippen molar-refractivity contribution < 1.29 is 29.1 Å². The minimum atomic E-state index is -1.52. The summed E-state index contributed by atoms with van der Waals surface area (Å²) >= 11 is 0. The van der Waals surface area contributed by atoms with Crippen molar-refractivity contribution in [3.63, 3.8) is 0 Å². The molecule has 4 atom stereocenters. The number of aliphatic hydroxyl groups excluding tert-OH is 1. The van der Waals surface area contributed by atoms with Crippen molar-refractivity contribution in [1.82, 2.24) is 26.1 Å². The van der Waals surface area contributed by atoms with Crippen LogP contribution >= 0.6 is 0 Å². The fraction of sp³-hybridized carbons (Fsp3) is 0.667. The summed E-state index contributed by atoms with van der Waals surface area (Å²) in [6.45, 7) is 2.05. The van der Waals surface area contributed by atoms with Crippen molar-refractivity contribution in [2.24, 2.45) is 5.73 Å². The standard InChI is InChI=1S/C15H24N6O6/c1-7(22)11(14(24)25)19-15(26)18-9(6-10(16)23)13-20-12(21-27-13)8-4-2-3-5-17-8/h7-9,11,17,22H,2-6H2,1H3,(H2,16,23)(H,24,25)(H2,18,19,26)/t7?,8-,9-,11-/m0/s1. The van der Waals surface area contributed by atoms with Gasteiger partial charge < -0.3 is 36.4 Å². The number of aliphatic hydroxyl groups is 1. The molecule has 7 N–H and O–H groups in total. The van der Waals surface area contributed by atoms with E-state index in [2.05, 4.69) is 26.1 Å². The van der Waals surface area contributed by atoms with Crippen LogP contribution in [0.5, 0.6) is 0 Å². The second-order valence-corrected chi connectivity index (χ2v) is 6.39. The van der Waals surface area contributed by atoms with E-state index in [0.29, 0.717) is 5.82 Å². The Morgan fingerprint density at radius 3 is 2.67 bits per heavy atom. The summed E-state index contributed by atoms with van der Waals surface area (Å²) in [6.07, 6.45) is 1.27. The maximum absolute atomic E-state index is 12.1. The molecule has 2 rings (SSSR count). The first-order valence-electron chi connectivity index (χ1n) is 8.61. The SMILES string of the molecule is CC(O)[C@H](NC(=O)N[C@@H](CC(N)=O)c1nc([C@@H]2CCCCN2)no1)C(=O)O. The van der Waals surface area contributed by atoms with E-state index >= 15 is 0 Å².